The highest BCUT2D eigenvalue weighted by atomic mass is 79.9. The highest BCUT2D eigenvalue weighted by Gasteiger charge is 2.10. The Balaban J connectivity index is 1.69. The molecule has 6 heteroatoms. The van der Waals surface area contributed by atoms with Gasteiger partial charge in [-0.05, 0) is 40.2 Å². The van der Waals surface area contributed by atoms with Crippen molar-refractivity contribution < 1.29 is 4.79 Å². The van der Waals surface area contributed by atoms with Crippen molar-refractivity contribution in [3.63, 3.8) is 0 Å². The summed E-state index contributed by atoms with van der Waals surface area (Å²) in [6.07, 6.45) is 2.97. The van der Waals surface area contributed by atoms with Gasteiger partial charge in [0.05, 0.1) is 18.1 Å². The largest absolute Gasteiger partial charge is 0.339 e. The van der Waals surface area contributed by atoms with Crippen molar-refractivity contribution in [1.29, 1.82) is 0 Å². The Hall–Kier alpha value is -2.73. The van der Waals surface area contributed by atoms with Crippen LogP contribution in [0, 0.1) is 0 Å². The van der Waals surface area contributed by atoms with Crippen molar-refractivity contribution >= 4 is 39.0 Å². The summed E-state index contributed by atoms with van der Waals surface area (Å²) in [4.78, 5) is 20.5. The van der Waals surface area contributed by atoms with E-state index >= 15 is 0 Å². The molecule has 0 saturated heterocycles. The monoisotopic (exact) mass is 368 g/mol. The number of benzene rings is 2. The van der Waals surface area contributed by atoms with Gasteiger partial charge < -0.3 is 10.6 Å². The molecular formula is C17H13BrN4O. The van der Waals surface area contributed by atoms with Crippen LogP contribution >= 0.6 is 15.9 Å². The maximum absolute atomic E-state index is 12.2. The maximum Gasteiger partial charge on any atom is 0.275 e. The molecule has 2 N–H and O–H groups in total. The van der Waals surface area contributed by atoms with Gasteiger partial charge in [-0.2, -0.15) is 0 Å². The van der Waals surface area contributed by atoms with E-state index < -0.39 is 0 Å². The Kier molecular flexibility index (Phi) is 4.63. The van der Waals surface area contributed by atoms with E-state index in [0.29, 0.717) is 11.5 Å². The molecule has 1 heterocycles. The van der Waals surface area contributed by atoms with Crippen LogP contribution in [0.3, 0.4) is 0 Å². The molecule has 3 aromatic rings. The first-order valence-electron chi connectivity index (χ1n) is 6.92. The zero-order valence-electron chi connectivity index (χ0n) is 12.0. The number of nitrogens with one attached hydrogen (secondary N) is 2. The number of aromatic nitrogens is 2. The molecule has 0 atom stereocenters. The molecule has 0 radical (unpaired) electrons. The first-order valence-corrected chi connectivity index (χ1v) is 7.72. The van der Waals surface area contributed by atoms with E-state index in [4.69, 9.17) is 0 Å². The number of hydrogen-bond acceptors (Lipinski definition) is 4. The Labute approximate surface area is 141 Å². The predicted octanol–water partition coefficient (Wildman–Crippen LogP) is 4.24. The van der Waals surface area contributed by atoms with Gasteiger partial charge in [-0.3, -0.25) is 4.79 Å². The standard InChI is InChI=1S/C17H13BrN4O/c18-13-8-4-5-9-14(13)22-17(23)15-10-20-16(11-19-15)21-12-6-2-1-3-7-12/h1-11H,(H,20,21)(H,22,23). The lowest BCUT2D eigenvalue weighted by Crippen LogP contribution is -2.14. The average Bonchev–Trinajstić information content (AvgIpc) is 2.58. The SMILES string of the molecule is O=C(Nc1ccccc1Br)c1cnc(Nc2ccccc2)cn1. The van der Waals surface area contributed by atoms with E-state index in [2.05, 4.69) is 36.5 Å². The number of hydrogen-bond donors (Lipinski definition) is 2. The predicted molar refractivity (Wildman–Crippen MR) is 93.9 cm³/mol. The smallest absolute Gasteiger partial charge is 0.275 e. The number of nitrogens with zero attached hydrogens (tertiary/aromatic N) is 2. The Morgan fingerprint density at radius 1 is 0.913 bits per heavy atom. The van der Waals surface area contributed by atoms with Crippen LogP contribution in [0.2, 0.25) is 0 Å². The number of carbonyl (C=O) groups excluding carboxylic acids is 1. The highest BCUT2D eigenvalue weighted by Crippen LogP contribution is 2.21. The molecule has 0 aliphatic heterocycles. The number of carbonyl (C=O) groups is 1. The third kappa shape index (κ3) is 3.92. The summed E-state index contributed by atoms with van der Waals surface area (Å²) >= 11 is 3.39. The summed E-state index contributed by atoms with van der Waals surface area (Å²) in [6.45, 7) is 0. The molecule has 0 aliphatic carbocycles. The number of para-hydroxylation sites is 2. The molecule has 5 nitrogen and oxygen atoms in total. The van der Waals surface area contributed by atoms with Crippen LogP contribution in [0.5, 0.6) is 0 Å². The van der Waals surface area contributed by atoms with Gasteiger partial charge in [0, 0.05) is 10.2 Å². The van der Waals surface area contributed by atoms with Gasteiger partial charge in [0.2, 0.25) is 0 Å². The summed E-state index contributed by atoms with van der Waals surface area (Å²) in [5.74, 6) is 0.268. The number of rotatable bonds is 4. The Bertz CT molecular complexity index is 806. The van der Waals surface area contributed by atoms with E-state index in [1.54, 1.807) is 6.07 Å². The second-order valence-corrected chi connectivity index (χ2v) is 5.57. The van der Waals surface area contributed by atoms with Gasteiger partial charge in [0.15, 0.2) is 0 Å². The summed E-state index contributed by atoms with van der Waals surface area (Å²) in [7, 11) is 0. The minimum Gasteiger partial charge on any atom is -0.339 e. The summed E-state index contributed by atoms with van der Waals surface area (Å²) in [6, 6.07) is 17.0. The van der Waals surface area contributed by atoms with Crippen LogP contribution in [-0.2, 0) is 0 Å². The fraction of sp³-hybridized carbons (Fsp3) is 0. The van der Waals surface area contributed by atoms with Crippen molar-refractivity contribution in [3.8, 4) is 0 Å². The van der Waals surface area contributed by atoms with Gasteiger partial charge in [-0.1, -0.05) is 30.3 Å². The van der Waals surface area contributed by atoms with E-state index in [0.717, 1.165) is 10.2 Å². The van der Waals surface area contributed by atoms with Gasteiger partial charge in [-0.25, -0.2) is 9.97 Å². The number of halogens is 1. The molecule has 0 unspecified atom stereocenters. The van der Waals surface area contributed by atoms with Gasteiger partial charge in [-0.15, -0.1) is 0 Å². The minimum absolute atomic E-state index is 0.249. The van der Waals surface area contributed by atoms with Crippen LogP contribution in [-0.4, -0.2) is 15.9 Å². The van der Waals surface area contributed by atoms with E-state index in [1.165, 1.54) is 12.4 Å². The summed E-state index contributed by atoms with van der Waals surface area (Å²) in [5, 5.41) is 5.90. The molecule has 2 aromatic carbocycles. The lowest BCUT2D eigenvalue weighted by atomic mass is 10.3. The molecule has 0 spiro atoms. The van der Waals surface area contributed by atoms with Gasteiger partial charge >= 0.3 is 0 Å². The van der Waals surface area contributed by atoms with Crippen molar-refractivity contribution in [3.05, 3.63) is 77.2 Å². The fourth-order valence-electron chi connectivity index (χ4n) is 1.93. The van der Waals surface area contributed by atoms with Crippen LogP contribution in [0.4, 0.5) is 17.2 Å². The Morgan fingerprint density at radius 2 is 1.65 bits per heavy atom. The zero-order chi connectivity index (χ0) is 16.1. The lowest BCUT2D eigenvalue weighted by Gasteiger charge is -2.08. The first-order chi connectivity index (χ1) is 11.2. The third-order valence-corrected chi connectivity index (χ3v) is 3.74. The molecule has 1 aromatic heterocycles. The number of anilines is 3. The quantitative estimate of drug-likeness (QED) is 0.722. The molecule has 114 valence electrons. The van der Waals surface area contributed by atoms with Crippen LogP contribution in [0.25, 0.3) is 0 Å². The van der Waals surface area contributed by atoms with E-state index in [9.17, 15) is 4.79 Å². The normalized spacial score (nSPS) is 10.1. The molecule has 0 fully saturated rings. The second-order valence-electron chi connectivity index (χ2n) is 4.71. The minimum atomic E-state index is -0.310. The van der Waals surface area contributed by atoms with Crippen LogP contribution in [0.15, 0.2) is 71.5 Å². The molecule has 0 bridgehead atoms. The third-order valence-electron chi connectivity index (χ3n) is 3.05. The molecule has 0 aliphatic rings. The topological polar surface area (TPSA) is 66.9 Å². The molecule has 3 rings (SSSR count). The molecule has 23 heavy (non-hydrogen) atoms. The molecular weight excluding hydrogens is 356 g/mol. The fourth-order valence-corrected chi connectivity index (χ4v) is 2.31. The number of amides is 1. The Morgan fingerprint density at radius 3 is 2.35 bits per heavy atom. The van der Waals surface area contributed by atoms with Crippen molar-refractivity contribution in [2.45, 2.75) is 0 Å². The van der Waals surface area contributed by atoms with E-state index in [1.807, 2.05) is 48.5 Å². The van der Waals surface area contributed by atoms with Gasteiger partial charge in [0.25, 0.3) is 5.91 Å². The molecule has 1 amide bonds. The highest BCUT2D eigenvalue weighted by molar-refractivity contribution is 9.10. The van der Waals surface area contributed by atoms with Crippen molar-refractivity contribution in [2.24, 2.45) is 0 Å². The zero-order valence-corrected chi connectivity index (χ0v) is 13.6. The van der Waals surface area contributed by atoms with E-state index in [-0.39, 0.29) is 11.6 Å². The summed E-state index contributed by atoms with van der Waals surface area (Å²) in [5.41, 5.74) is 1.84. The van der Waals surface area contributed by atoms with Gasteiger partial charge in [0.1, 0.15) is 11.5 Å². The van der Waals surface area contributed by atoms with Crippen LogP contribution < -0.4 is 10.6 Å². The second kappa shape index (κ2) is 7.02. The lowest BCUT2D eigenvalue weighted by molar-refractivity contribution is 0.102. The van der Waals surface area contributed by atoms with Crippen LogP contribution in [0.1, 0.15) is 10.5 Å². The average molecular weight is 369 g/mol. The molecule has 0 saturated carbocycles. The maximum atomic E-state index is 12.2. The van der Waals surface area contributed by atoms with Crippen molar-refractivity contribution in [2.75, 3.05) is 10.6 Å². The first kappa shape index (κ1) is 15.2. The summed E-state index contributed by atoms with van der Waals surface area (Å²) < 4.78 is 0.809. The van der Waals surface area contributed by atoms with Crippen molar-refractivity contribution in [1.82, 2.24) is 9.97 Å².